The molecule has 0 radical (unpaired) electrons. The molecule has 15 heavy (non-hydrogen) atoms. The molecule has 2 rings (SSSR count). The first kappa shape index (κ1) is 10.1. The van der Waals surface area contributed by atoms with E-state index in [1.807, 2.05) is 18.2 Å². The van der Waals surface area contributed by atoms with Gasteiger partial charge in [-0.15, -0.1) is 0 Å². The minimum atomic E-state index is -0.496. The molecule has 0 bridgehead atoms. The summed E-state index contributed by atoms with van der Waals surface area (Å²) in [4.78, 5) is 11.5. The van der Waals surface area contributed by atoms with Crippen molar-refractivity contribution in [2.24, 2.45) is 0 Å². The number of halogens is 1. The maximum atomic E-state index is 11.5. The molecule has 2 nitrogen and oxygen atoms in total. The normalized spacial score (nSPS) is 10.5. The Labute approximate surface area is 92.1 Å². The van der Waals surface area contributed by atoms with Gasteiger partial charge in [-0.25, -0.2) is 0 Å². The molecule has 0 aliphatic rings. The summed E-state index contributed by atoms with van der Waals surface area (Å²) >= 11 is 6.03. The Morgan fingerprint density at radius 3 is 2.53 bits per heavy atom. The van der Waals surface area contributed by atoms with Crippen molar-refractivity contribution in [1.82, 2.24) is 0 Å². The minimum absolute atomic E-state index is 0.311. The van der Waals surface area contributed by atoms with Crippen LogP contribution in [0.3, 0.4) is 0 Å². The zero-order chi connectivity index (χ0) is 10.8. The highest BCUT2D eigenvalue weighted by atomic mass is 35.5. The summed E-state index contributed by atoms with van der Waals surface area (Å²) in [5.74, 6) is -0.311. The van der Waals surface area contributed by atoms with Crippen LogP contribution < -0.4 is 0 Å². The molecule has 2 aromatic rings. The molecule has 2 aromatic carbocycles. The number of fused-ring (bicyclic) bond motifs is 1. The lowest BCUT2D eigenvalue weighted by Crippen LogP contribution is -2.04. The van der Waals surface area contributed by atoms with Crippen molar-refractivity contribution < 1.29 is 9.90 Å². The van der Waals surface area contributed by atoms with Gasteiger partial charge in [-0.05, 0) is 11.5 Å². The molecule has 0 heterocycles. The quantitative estimate of drug-likeness (QED) is 0.791. The first-order valence-corrected chi connectivity index (χ1v) is 4.93. The van der Waals surface area contributed by atoms with E-state index in [1.165, 1.54) is 0 Å². The third-order valence-electron chi connectivity index (χ3n) is 2.30. The Morgan fingerprint density at radius 2 is 1.87 bits per heavy atom. The summed E-state index contributed by atoms with van der Waals surface area (Å²) < 4.78 is 0. The van der Waals surface area contributed by atoms with Crippen molar-refractivity contribution in [3.05, 3.63) is 47.0 Å². The standard InChI is InChI=1S/C12H9ClO2/c13-10-6-2-4-8-3-1-5-9(12(8)10)11(15)7-14/h1-6,14H,7H2. The van der Waals surface area contributed by atoms with Crippen LogP contribution in [0.2, 0.25) is 5.02 Å². The van der Waals surface area contributed by atoms with E-state index in [-0.39, 0.29) is 5.78 Å². The summed E-state index contributed by atoms with van der Waals surface area (Å²) in [6.45, 7) is -0.496. The van der Waals surface area contributed by atoms with E-state index in [1.54, 1.807) is 18.2 Å². The summed E-state index contributed by atoms with van der Waals surface area (Å²) in [7, 11) is 0. The number of Topliss-reactive ketones (excluding diaryl/α,β-unsaturated/α-hetero) is 1. The topological polar surface area (TPSA) is 37.3 Å². The molecule has 0 fully saturated rings. The van der Waals surface area contributed by atoms with Gasteiger partial charge < -0.3 is 5.11 Å². The van der Waals surface area contributed by atoms with Gasteiger partial charge in [0.05, 0.1) is 0 Å². The Kier molecular flexibility index (Phi) is 2.71. The molecular weight excluding hydrogens is 212 g/mol. The van der Waals surface area contributed by atoms with Crippen LogP contribution in [0.5, 0.6) is 0 Å². The average molecular weight is 221 g/mol. The largest absolute Gasteiger partial charge is 0.388 e. The van der Waals surface area contributed by atoms with Gasteiger partial charge in [0.2, 0.25) is 0 Å². The molecule has 0 unspecified atom stereocenters. The molecule has 76 valence electrons. The highest BCUT2D eigenvalue weighted by Gasteiger charge is 2.10. The summed E-state index contributed by atoms with van der Waals surface area (Å²) in [5.41, 5.74) is 0.473. The van der Waals surface area contributed by atoms with Crippen LogP contribution in [-0.4, -0.2) is 17.5 Å². The van der Waals surface area contributed by atoms with Crippen LogP contribution >= 0.6 is 11.6 Å². The number of aliphatic hydroxyl groups excluding tert-OH is 1. The highest BCUT2D eigenvalue weighted by Crippen LogP contribution is 2.26. The van der Waals surface area contributed by atoms with Crippen molar-refractivity contribution in [3.8, 4) is 0 Å². The summed E-state index contributed by atoms with van der Waals surface area (Å²) in [5, 5.41) is 11.0. The van der Waals surface area contributed by atoms with Gasteiger partial charge in [-0.1, -0.05) is 41.9 Å². The number of carbonyl (C=O) groups is 1. The predicted octanol–water partition coefficient (Wildman–Crippen LogP) is 2.67. The van der Waals surface area contributed by atoms with Gasteiger partial charge in [-0.3, -0.25) is 4.79 Å². The summed E-state index contributed by atoms with van der Waals surface area (Å²) in [6, 6.07) is 10.8. The Hall–Kier alpha value is -1.38. The third kappa shape index (κ3) is 1.74. The van der Waals surface area contributed by atoms with Crippen LogP contribution in [0.4, 0.5) is 0 Å². The van der Waals surface area contributed by atoms with E-state index in [4.69, 9.17) is 16.7 Å². The molecule has 3 heteroatoms. The van der Waals surface area contributed by atoms with Crippen molar-refractivity contribution in [2.45, 2.75) is 0 Å². The second-order valence-electron chi connectivity index (χ2n) is 3.22. The number of benzene rings is 2. The maximum Gasteiger partial charge on any atom is 0.188 e. The van der Waals surface area contributed by atoms with E-state index in [9.17, 15) is 4.79 Å². The highest BCUT2D eigenvalue weighted by molar-refractivity contribution is 6.37. The molecule has 0 saturated carbocycles. The van der Waals surface area contributed by atoms with Crippen molar-refractivity contribution in [2.75, 3.05) is 6.61 Å². The zero-order valence-corrected chi connectivity index (χ0v) is 8.66. The zero-order valence-electron chi connectivity index (χ0n) is 7.90. The maximum absolute atomic E-state index is 11.5. The van der Waals surface area contributed by atoms with Crippen LogP contribution in [0.15, 0.2) is 36.4 Å². The monoisotopic (exact) mass is 220 g/mol. The number of carbonyl (C=O) groups excluding carboxylic acids is 1. The fourth-order valence-electron chi connectivity index (χ4n) is 1.61. The van der Waals surface area contributed by atoms with Crippen LogP contribution in [0, 0.1) is 0 Å². The van der Waals surface area contributed by atoms with Gasteiger partial charge in [-0.2, -0.15) is 0 Å². The molecule has 0 aromatic heterocycles. The van der Waals surface area contributed by atoms with Crippen LogP contribution in [-0.2, 0) is 0 Å². The number of ketones is 1. The fraction of sp³-hybridized carbons (Fsp3) is 0.0833. The molecule has 1 N–H and O–H groups in total. The number of rotatable bonds is 2. The molecule has 0 amide bonds. The second kappa shape index (κ2) is 4.01. The molecule has 0 aliphatic heterocycles. The van der Waals surface area contributed by atoms with Gasteiger partial charge in [0.1, 0.15) is 6.61 Å². The SMILES string of the molecule is O=C(CO)c1cccc2cccc(Cl)c12. The van der Waals surface area contributed by atoms with Crippen molar-refractivity contribution in [1.29, 1.82) is 0 Å². The van der Waals surface area contributed by atoms with Gasteiger partial charge in [0.15, 0.2) is 5.78 Å². The van der Waals surface area contributed by atoms with E-state index in [0.717, 1.165) is 5.39 Å². The Balaban J connectivity index is 2.80. The van der Waals surface area contributed by atoms with Crippen molar-refractivity contribution in [3.63, 3.8) is 0 Å². The first-order valence-electron chi connectivity index (χ1n) is 4.55. The molecule has 0 atom stereocenters. The van der Waals surface area contributed by atoms with Crippen LogP contribution in [0.25, 0.3) is 10.8 Å². The number of hydrogen-bond acceptors (Lipinski definition) is 2. The first-order chi connectivity index (χ1) is 7.24. The smallest absolute Gasteiger partial charge is 0.188 e. The predicted molar refractivity (Wildman–Crippen MR) is 60.4 cm³/mol. The van der Waals surface area contributed by atoms with Gasteiger partial charge in [0.25, 0.3) is 0 Å². The van der Waals surface area contributed by atoms with E-state index in [2.05, 4.69) is 0 Å². The number of hydrogen-bond donors (Lipinski definition) is 1. The van der Waals surface area contributed by atoms with E-state index < -0.39 is 6.61 Å². The Morgan fingerprint density at radius 1 is 1.20 bits per heavy atom. The number of aliphatic hydroxyl groups is 1. The molecule has 0 spiro atoms. The van der Waals surface area contributed by atoms with Gasteiger partial charge in [0, 0.05) is 16.0 Å². The summed E-state index contributed by atoms with van der Waals surface area (Å²) in [6.07, 6.45) is 0. The third-order valence-corrected chi connectivity index (χ3v) is 2.61. The lowest BCUT2D eigenvalue weighted by atomic mass is 10.0. The molecular formula is C12H9ClO2. The second-order valence-corrected chi connectivity index (χ2v) is 3.63. The lowest BCUT2D eigenvalue weighted by molar-refractivity contribution is 0.0905. The van der Waals surface area contributed by atoms with E-state index >= 15 is 0 Å². The fourth-order valence-corrected chi connectivity index (χ4v) is 1.90. The van der Waals surface area contributed by atoms with Gasteiger partial charge >= 0.3 is 0 Å². The Bertz CT molecular complexity index is 515. The van der Waals surface area contributed by atoms with Crippen molar-refractivity contribution >= 4 is 28.2 Å². The molecule has 0 saturated heterocycles. The lowest BCUT2D eigenvalue weighted by Gasteiger charge is -2.05. The van der Waals surface area contributed by atoms with E-state index in [0.29, 0.717) is 16.0 Å². The molecule has 0 aliphatic carbocycles. The van der Waals surface area contributed by atoms with Crippen LogP contribution in [0.1, 0.15) is 10.4 Å². The average Bonchev–Trinajstić information content (AvgIpc) is 2.28. The minimum Gasteiger partial charge on any atom is -0.388 e.